The first-order chi connectivity index (χ1) is 14.2. The monoisotopic (exact) mass is 428 g/mol. The van der Waals surface area contributed by atoms with Gasteiger partial charge in [-0.3, -0.25) is 9.48 Å². The molecule has 7 heteroatoms. The molecule has 2 atom stereocenters. The molecule has 2 heterocycles. The molecular formula is C23H29ClN4O2. The Kier molecular flexibility index (Phi) is 6.66. The molecule has 0 saturated carbocycles. The molecule has 1 aromatic carbocycles. The number of carbonyl (C=O) groups excluding carboxylic acids is 1. The summed E-state index contributed by atoms with van der Waals surface area (Å²) in [7, 11) is 0. The van der Waals surface area contributed by atoms with E-state index in [2.05, 4.69) is 53.7 Å². The van der Waals surface area contributed by atoms with Crippen LogP contribution in [0.4, 0.5) is 0 Å². The summed E-state index contributed by atoms with van der Waals surface area (Å²) in [6, 6.07) is 8.24. The average Bonchev–Trinajstić information content (AvgIpc) is 3.22. The summed E-state index contributed by atoms with van der Waals surface area (Å²) in [6.45, 7) is 12.3. The molecule has 3 aromatic rings. The van der Waals surface area contributed by atoms with Gasteiger partial charge in [-0.1, -0.05) is 54.9 Å². The Morgan fingerprint density at radius 3 is 2.37 bits per heavy atom. The van der Waals surface area contributed by atoms with Crippen molar-refractivity contribution in [3.63, 3.8) is 0 Å². The predicted octanol–water partition coefficient (Wildman–Crippen LogP) is 5.50. The van der Waals surface area contributed by atoms with Crippen molar-refractivity contribution in [1.29, 1.82) is 0 Å². The molecule has 1 amide bonds. The third kappa shape index (κ3) is 4.43. The topological polar surface area (TPSA) is 73.0 Å². The summed E-state index contributed by atoms with van der Waals surface area (Å²) in [4.78, 5) is 12.9. The van der Waals surface area contributed by atoms with E-state index in [1.165, 1.54) is 5.56 Å². The Bertz CT molecular complexity index is 1040. The second kappa shape index (κ2) is 9.04. The Morgan fingerprint density at radius 2 is 1.80 bits per heavy atom. The van der Waals surface area contributed by atoms with E-state index in [0.717, 1.165) is 23.4 Å². The van der Waals surface area contributed by atoms with Crippen molar-refractivity contribution in [2.75, 3.05) is 0 Å². The molecule has 160 valence electrons. The van der Waals surface area contributed by atoms with E-state index in [1.807, 2.05) is 20.8 Å². The van der Waals surface area contributed by atoms with Crippen LogP contribution in [-0.4, -0.2) is 20.8 Å². The number of nitrogens with zero attached hydrogens (tertiary/aromatic N) is 3. The first kappa shape index (κ1) is 22.1. The molecule has 0 radical (unpaired) electrons. The van der Waals surface area contributed by atoms with Gasteiger partial charge in [-0.05, 0) is 51.2 Å². The highest BCUT2D eigenvalue weighted by Gasteiger charge is 2.23. The largest absolute Gasteiger partial charge is 0.361 e. The van der Waals surface area contributed by atoms with E-state index in [-0.39, 0.29) is 17.6 Å². The zero-order valence-electron chi connectivity index (χ0n) is 18.4. The van der Waals surface area contributed by atoms with Crippen LogP contribution < -0.4 is 5.32 Å². The summed E-state index contributed by atoms with van der Waals surface area (Å²) in [6.07, 6.45) is 1.10. The number of halogens is 1. The van der Waals surface area contributed by atoms with Gasteiger partial charge in [0.1, 0.15) is 5.76 Å². The summed E-state index contributed by atoms with van der Waals surface area (Å²) in [5.41, 5.74) is 4.92. The van der Waals surface area contributed by atoms with E-state index in [4.69, 9.17) is 16.1 Å². The van der Waals surface area contributed by atoms with Crippen LogP contribution in [0.2, 0.25) is 5.02 Å². The fraction of sp³-hybridized carbons (Fsp3) is 0.435. The number of nitrogens with one attached hydrogen (secondary N) is 1. The van der Waals surface area contributed by atoms with Gasteiger partial charge in [0.15, 0.2) is 5.69 Å². The summed E-state index contributed by atoms with van der Waals surface area (Å²) < 4.78 is 7.09. The minimum absolute atomic E-state index is 0.156. The number of aromatic nitrogens is 3. The molecule has 0 saturated heterocycles. The second-order valence-electron chi connectivity index (χ2n) is 7.88. The normalized spacial score (nSPS) is 13.3. The number of amides is 1. The van der Waals surface area contributed by atoms with Crippen molar-refractivity contribution < 1.29 is 9.32 Å². The van der Waals surface area contributed by atoms with Gasteiger partial charge < -0.3 is 9.84 Å². The van der Waals surface area contributed by atoms with Gasteiger partial charge in [0.2, 0.25) is 0 Å². The zero-order valence-corrected chi connectivity index (χ0v) is 19.2. The molecule has 0 aliphatic carbocycles. The number of aryl methyl sites for hydroxylation is 2. The third-order valence-electron chi connectivity index (χ3n) is 5.77. The van der Waals surface area contributed by atoms with Gasteiger partial charge in [0.05, 0.1) is 29.0 Å². The van der Waals surface area contributed by atoms with Crippen LogP contribution in [0.5, 0.6) is 0 Å². The maximum absolute atomic E-state index is 12.9. The maximum atomic E-state index is 12.9. The van der Waals surface area contributed by atoms with Crippen molar-refractivity contribution in [2.24, 2.45) is 0 Å². The minimum Gasteiger partial charge on any atom is -0.361 e. The van der Waals surface area contributed by atoms with Crippen LogP contribution in [0.3, 0.4) is 0 Å². The van der Waals surface area contributed by atoms with Crippen LogP contribution in [0.25, 0.3) is 0 Å². The van der Waals surface area contributed by atoms with Crippen LogP contribution in [0.15, 0.2) is 28.8 Å². The molecule has 2 aromatic heterocycles. The van der Waals surface area contributed by atoms with Gasteiger partial charge in [-0.2, -0.15) is 5.10 Å². The molecule has 6 nitrogen and oxygen atoms in total. The smallest absolute Gasteiger partial charge is 0.274 e. The lowest BCUT2D eigenvalue weighted by Crippen LogP contribution is -2.28. The Labute approximate surface area is 182 Å². The van der Waals surface area contributed by atoms with E-state index in [9.17, 15) is 4.79 Å². The first-order valence-electron chi connectivity index (χ1n) is 10.3. The summed E-state index contributed by atoms with van der Waals surface area (Å²) in [5, 5.41) is 12.1. The Morgan fingerprint density at radius 1 is 1.17 bits per heavy atom. The SMILES string of the molecule is CCC(C)c1ccc(C(C)NC(=O)c2noc(C)c2Cn2nc(C)c(Cl)c2C)cc1. The van der Waals surface area contributed by atoms with Crippen molar-refractivity contribution in [1.82, 2.24) is 20.3 Å². The zero-order chi connectivity index (χ0) is 22.0. The number of carbonyl (C=O) groups is 1. The quantitative estimate of drug-likeness (QED) is 0.539. The fourth-order valence-corrected chi connectivity index (χ4v) is 3.57. The Hall–Kier alpha value is -2.60. The molecule has 30 heavy (non-hydrogen) atoms. The van der Waals surface area contributed by atoms with Crippen LogP contribution in [-0.2, 0) is 6.54 Å². The van der Waals surface area contributed by atoms with E-state index < -0.39 is 0 Å². The third-order valence-corrected chi connectivity index (χ3v) is 6.31. The van der Waals surface area contributed by atoms with Crippen LogP contribution >= 0.6 is 11.6 Å². The summed E-state index contributed by atoms with van der Waals surface area (Å²) in [5.74, 6) is 0.842. The molecule has 0 aliphatic rings. The van der Waals surface area contributed by atoms with Gasteiger partial charge in [0, 0.05) is 5.56 Å². The van der Waals surface area contributed by atoms with Crippen LogP contribution in [0, 0.1) is 20.8 Å². The number of hydrogen-bond acceptors (Lipinski definition) is 4. The molecular weight excluding hydrogens is 400 g/mol. The van der Waals surface area contributed by atoms with Crippen molar-refractivity contribution in [3.8, 4) is 0 Å². The van der Waals surface area contributed by atoms with Crippen molar-refractivity contribution in [3.05, 3.63) is 68.8 Å². The highest BCUT2D eigenvalue weighted by Crippen LogP contribution is 2.24. The highest BCUT2D eigenvalue weighted by atomic mass is 35.5. The summed E-state index contributed by atoms with van der Waals surface area (Å²) >= 11 is 6.26. The van der Waals surface area contributed by atoms with E-state index in [1.54, 1.807) is 11.6 Å². The van der Waals surface area contributed by atoms with Gasteiger partial charge >= 0.3 is 0 Å². The Balaban J connectivity index is 1.76. The molecule has 3 rings (SSSR count). The molecule has 0 fully saturated rings. The van der Waals surface area contributed by atoms with Gasteiger partial charge in [0.25, 0.3) is 5.91 Å². The lowest BCUT2D eigenvalue weighted by molar-refractivity contribution is 0.0929. The van der Waals surface area contributed by atoms with Crippen molar-refractivity contribution in [2.45, 2.75) is 66.5 Å². The number of benzene rings is 1. The van der Waals surface area contributed by atoms with Gasteiger partial charge in [-0.25, -0.2) is 0 Å². The van der Waals surface area contributed by atoms with E-state index >= 15 is 0 Å². The maximum Gasteiger partial charge on any atom is 0.274 e. The molecule has 2 unspecified atom stereocenters. The standard InChI is InChI=1S/C23H29ClN4O2/c1-7-13(2)18-8-10-19(11-9-18)14(3)25-23(29)22-20(17(6)30-27-22)12-28-16(5)21(24)15(4)26-28/h8-11,13-14H,7,12H2,1-6H3,(H,25,29). The minimum atomic E-state index is -0.270. The van der Waals surface area contributed by atoms with Gasteiger partial charge in [-0.15, -0.1) is 0 Å². The average molecular weight is 429 g/mol. The molecule has 0 aliphatic heterocycles. The van der Waals surface area contributed by atoms with E-state index in [0.29, 0.717) is 28.8 Å². The number of rotatable bonds is 7. The number of hydrogen-bond donors (Lipinski definition) is 1. The lowest BCUT2D eigenvalue weighted by Gasteiger charge is -2.16. The highest BCUT2D eigenvalue weighted by molar-refractivity contribution is 6.31. The van der Waals surface area contributed by atoms with Crippen molar-refractivity contribution >= 4 is 17.5 Å². The predicted molar refractivity (Wildman–Crippen MR) is 118 cm³/mol. The molecule has 0 bridgehead atoms. The molecule has 0 spiro atoms. The van der Waals surface area contributed by atoms with Crippen LogP contribution in [0.1, 0.15) is 83.5 Å². The lowest BCUT2D eigenvalue weighted by atomic mass is 9.96. The molecule has 1 N–H and O–H groups in total. The first-order valence-corrected chi connectivity index (χ1v) is 10.7. The fourth-order valence-electron chi connectivity index (χ4n) is 3.43. The second-order valence-corrected chi connectivity index (χ2v) is 8.26.